The van der Waals surface area contributed by atoms with Crippen molar-refractivity contribution in [2.24, 2.45) is 5.92 Å². The Balaban J connectivity index is 1.73. The lowest BCUT2D eigenvalue weighted by molar-refractivity contribution is -0.121. The van der Waals surface area contributed by atoms with Crippen molar-refractivity contribution < 1.29 is 23.9 Å². The number of carbonyl (C=O) groups excluding carboxylic acids is 3. The Hall–Kier alpha value is -3.07. The number of hydrogen-bond donors (Lipinski definition) is 3. The Bertz CT molecular complexity index is 868. The van der Waals surface area contributed by atoms with E-state index in [0.29, 0.717) is 48.1 Å². The molecule has 0 aliphatic carbocycles. The summed E-state index contributed by atoms with van der Waals surface area (Å²) in [5.74, 6) is 0.555. The van der Waals surface area contributed by atoms with Gasteiger partial charge in [0.2, 0.25) is 5.91 Å². The molecule has 0 radical (unpaired) electrons. The zero-order valence-corrected chi connectivity index (χ0v) is 18.8. The monoisotopic (exact) mass is 447 g/mol. The molecule has 2 rings (SSSR count). The van der Waals surface area contributed by atoms with E-state index in [1.165, 1.54) is 18.4 Å². The Morgan fingerprint density at radius 3 is 2.52 bits per heavy atom. The molecule has 0 atom stereocenters. The fourth-order valence-corrected chi connectivity index (χ4v) is 3.18. The molecule has 1 aromatic heterocycles. The van der Waals surface area contributed by atoms with Crippen LogP contribution in [0.1, 0.15) is 53.8 Å². The summed E-state index contributed by atoms with van der Waals surface area (Å²) in [6.45, 7) is 5.15. The highest BCUT2D eigenvalue weighted by Gasteiger charge is 2.12. The van der Waals surface area contributed by atoms with E-state index in [4.69, 9.17) is 9.47 Å². The molecule has 2 aromatic rings. The highest BCUT2D eigenvalue weighted by molar-refractivity contribution is 7.08. The molecule has 0 saturated carbocycles. The number of amides is 3. The molecule has 168 valence electrons. The molecule has 9 heteroatoms. The Morgan fingerprint density at radius 1 is 1.03 bits per heavy atom. The molecule has 0 aliphatic rings. The van der Waals surface area contributed by atoms with Gasteiger partial charge in [-0.15, -0.1) is 0 Å². The Morgan fingerprint density at radius 2 is 1.84 bits per heavy atom. The summed E-state index contributed by atoms with van der Waals surface area (Å²) in [7, 11) is 1.51. The van der Waals surface area contributed by atoms with Crippen molar-refractivity contribution >= 4 is 29.1 Å². The SMILES string of the molecule is COc1cc(C(=O)NNC(=O)CCCNC(=O)c2ccsc2)ccc1OCCC(C)C. The van der Waals surface area contributed by atoms with Crippen LogP contribution in [0.25, 0.3) is 0 Å². The molecule has 0 fully saturated rings. The van der Waals surface area contributed by atoms with Crippen LogP contribution >= 0.6 is 11.3 Å². The predicted molar refractivity (Wildman–Crippen MR) is 119 cm³/mol. The summed E-state index contributed by atoms with van der Waals surface area (Å²) in [4.78, 5) is 36.0. The van der Waals surface area contributed by atoms with Crippen molar-refractivity contribution in [2.45, 2.75) is 33.1 Å². The quantitative estimate of drug-likeness (QED) is 0.362. The largest absolute Gasteiger partial charge is 0.493 e. The first kappa shape index (κ1) is 24.2. The van der Waals surface area contributed by atoms with E-state index in [1.807, 2.05) is 5.38 Å². The standard InChI is InChI=1S/C22H29N3O5S/c1-15(2)8-11-30-18-7-6-16(13-19(18)29-3)22(28)25-24-20(26)5-4-10-23-21(27)17-9-12-31-14-17/h6-7,9,12-15H,4-5,8,10-11H2,1-3H3,(H,23,27)(H,24,26)(H,25,28). The zero-order valence-electron chi connectivity index (χ0n) is 18.0. The van der Waals surface area contributed by atoms with E-state index in [9.17, 15) is 14.4 Å². The lowest BCUT2D eigenvalue weighted by atomic mass is 10.1. The van der Waals surface area contributed by atoms with Crippen LogP contribution in [0, 0.1) is 5.92 Å². The maximum absolute atomic E-state index is 12.3. The third-order valence-corrected chi connectivity index (χ3v) is 5.03. The first-order valence-electron chi connectivity index (χ1n) is 10.1. The summed E-state index contributed by atoms with van der Waals surface area (Å²) in [6.07, 6.45) is 1.53. The van der Waals surface area contributed by atoms with Crippen LogP contribution in [0.3, 0.4) is 0 Å². The van der Waals surface area contributed by atoms with Gasteiger partial charge in [-0.2, -0.15) is 11.3 Å². The third kappa shape index (κ3) is 8.29. The first-order valence-corrected chi connectivity index (χ1v) is 11.1. The fourth-order valence-electron chi connectivity index (χ4n) is 2.54. The van der Waals surface area contributed by atoms with Gasteiger partial charge in [-0.3, -0.25) is 25.2 Å². The molecule has 0 saturated heterocycles. The maximum atomic E-state index is 12.3. The van der Waals surface area contributed by atoms with Crippen molar-refractivity contribution in [1.29, 1.82) is 0 Å². The van der Waals surface area contributed by atoms with E-state index in [0.717, 1.165) is 6.42 Å². The normalized spacial score (nSPS) is 10.5. The number of benzene rings is 1. The molecular weight excluding hydrogens is 418 g/mol. The molecule has 3 N–H and O–H groups in total. The van der Waals surface area contributed by atoms with Gasteiger partial charge in [0.25, 0.3) is 11.8 Å². The van der Waals surface area contributed by atoms with Crippen molar-refractivity contribution in [3.05, 3.63) is 46.2 Å². The van der Waals surface area contributed by atoms with Gasteiger partial charge in [0.1, 0.15) is 0 Å². The van der Waals surface area contributed by atoms with Gasteiger partial charge in [0.05, 0.1) is 13.7 Å². The second-order valence-corrected chi connectivity index (χ2v) is 8.05. The number of hydrogen-bond acceptors (Lipinski definition) is 6. The number of thiophene rings is 1. The lowest BCUT2D eigenvalue weighted by Crippen LogP contribution is -2.41. The van der Waals surface area contributed by atoms with E-state index in [2.05, 4.69) is 30.0 Å². The number of carbonyl (C=O) groups is 3. The molecular formula is C22H29N3O5S. The number of hydrazine groups is 1. The van der Waals surface area contributed by atoms with E-state index in [1.54, 1.807) is 29.6 Å². The van der Waals surface area contributed by atoms with Crippen LogP contribution in [-0.2, 0) is 4.79 Å². The molecule has 0 bridgehead atoms. The molecule has 31 heavy (non-hydrogen) atoms. The molecule has 3 amide bonds. The summed E-state index contributed by atoms with van der Waals surface area (Å²) in [5, 5.41) is 6.33. The number of rotatable bonds is 11. The average Bonchev–Trinajstić information content (AvgIpc) is 3.30. The van der Waals surface area contributed by atoms with Crippen molar-refractivity contribution in [3.8, 4) is 11.5 Å². The van der Waals surface area contributed by atoms with Gasteiger partial charge in [0.15, 0.2) is 11.5 Å². The Labute approximate surface area is 186 Å². The summed E-state index contributed by atoms with van der Waals surface area (Å²) in [6, 6.07) is 6.58. The topological polar surface area (TPSA) is 106 Å². The van der Waals surface area contributed by atoms with E-state index in [-0.39, 0.29) is 18.2 Å². The van der Waals surface area contributed by atoms with Crippen LogP contribution in [0.2, 0.25) is 0 Å². The smallest absolute Gasteiger partial charge is 0.269 e. The number of nitrogens with one attached hydrogen (secondary N) is 3. The van der Waals surface area contributed by atoms with Crippen molar-refractivity contribution in [1.82, 2.24) is 16.2 Å². The van der Waals surface area contributed by atoms with Crippen LogP contribution in [0.5, 0.6) is 11.5 Å². The fraction of sp³-hybridized carbons (Fsp3) is 0.409. The van der Waals surface area contributed by atoms with Crippen LogP contribution in [0.4, 0.5) is 0 Å². The second-order valence-electron chi connectivity index (χ2n) is 7.27. The van der Waals surface area contributed by atoms with Gasteiger partial charge >= 0.3 is 0 Å². The minimum absolute atomic E-state index is 0.163. The van der Waals surface area contributed by atoms with Gasteiger partial charge in [-0.1, -0.05) is 13.8 Å². The molecule has 0 aliphatic heterocycles. The highest BCUT2D eigenvalue weighted by Crippen LogP contribution is 2.28. The number of methoxy groups -OCH3 is 1. The van der Waals surface area contributed by atoms with Crippen molar-refractivity contribution in [3.63, 3.8) is 0 Å². The van der Waals surface area contributed by atoms with Gasteiger partial charge in [-0.05, 0) is 48.4 Å². The molecule has 8 nitrogen and oxygen atoms in total. The minimum atomic E-state index is -0.467. The molecule has 0 unspecified atom stereocenters. The maximum Gasteiger partial charge on any atom is 0.269 e. The molecule has 1 aromatic carbocycles. The van der Waals surface area contributed by atoms with Gasteiger partial charge < -0.3 is 14.8 Å². The van der Waals surface area contributed by atoms with Crippen LogP contribution in [-0.4, -0.2) is 38.0 Å². The van der Waals surface area contributed by atoms with Crippen LogP contribution in [0.15, 0.2) is 35.0 Å². The molecule has 1 heterocycles. The average molecular weight is 448 g/mol. The second kappa shape index (κ2) is 12.6. The Kier molecular flexibility index (Phi) is 9.83. The first-order chi connectivity index (χ1) is 14.9. The van der Waals surface area contributed by atoms with Crippen LogP contribution < -0.4 is 25.6 Å². The predicted octanol–water partition coefficient (Wildman–Crippen LogP) is 3.15. The summed E-state index contributed by atoms with van der Waals surface area (Å²) in [5.41, 5.74) is 5.69. The molecule has 0 spiro atoms. The highest BCUT2D eigenvalue weighted by atomic mass is 32.1. The summed E-state index contributed by atoms with van der Waals surface area (Å²) < 4.78 is 11.0. The lowest BCUT2D eigenvalue weighted by Gasteiger charge is -2.13. The van der Waals surface area contributed by atoms with E-state index >= 15 is 0 Å². The van der Waals surface area contributed by atoms with Gasteiger partial charge in [0, 0.05) is 29.5 Å². The van der Waals surface area contributed by atoms with E-state index < -0.39 is 5.91 Å². The minimum Gasteiger partial charge on any atom is -0.493 e. The third-order valence-electron chi connectivity index (χ3n) is 4.34. The van der Waals surface area contributed by atoms with Gasteiger partial charge in [-0.25, -0.2) is 0 Å². The zero-order chi connectivity index (χ0) is 22.6. The van der Waals surface area contributed by atoms with Crippen molar-refractivity contribution in [2.75, 3.05) is 20.3 Å². The number of ether oxygens (including phenoxy) is 2. The summed E-state index contributed by atoms with van der Waals surface area (Å²) >= 11 is 1.45.